The molecule has 102 valence electrons. The van der Waals surface area contributed by atoms with Crippen LogP contribution in [0.5, 0.6) is 5.75 Å². The number of ether oxygens (including phenoxy) is 1. The molecule has 0 spiro atoms. The maximum atomic E-state index is 5.87. The minimum Gasteiger partial charge on any atom is -0.491 e. The minimum absolute atomic E-state index is 0.194. The van der Waals surface area contributed by atoms with E-state index >= 15 is 0 Å². The van der Waals surface area contributed by atoms with Gasteiger partial charge < -0.3 is 10.5 Å². The zero-order valence-electron chi connectivity index (χ0n) is 11.4. The van der Waals surface area contributed by atoms with Gasteiger partial charge in [0.15, 0.2) is 0 Å². The highest BCUT2D eigenvalue weighted by Crippen LogP contribution is 2.24. The van der Waals surface area contributed by atoms with Crippen LogP contribution in [0, 0.1) is 0 Å². The first-order chi connectivity index (χ1) is 9.19. The van der Waals surface area contributed by atoms with Crippen molar-refractivity contribution >= 4 is 11.3 Å². The predicted molar refractivity (Wildman–Crippen MR) is 79.8 cm³/mol. The number of aromatic nitrogens is 1. The molecule has 0 radical (unpaired) electrons. The fourth-order valence-corrected chi connectivity index (χ4v) is 2.76. The third kappa shape index (κ3) is 4.04. The number of rotatable bonds is 6. The number of benzene rings is 1. The lowest BCUT2D eigenvalue weighted by molar-refractivity contribution is 0.242. The van der Waals surface area contributed by atoms with Crippen LogP contribution in [0.2, 0.25) is 0 Å². The number of nitrogens with zero attached hydrogens (tertiary/aromatic N) is 1. The summed E-state index contributed by atoms with van der Waals surface area (Å²) in [5.41, 5.74) is 7.11. The van der Waals surface area contributed by atoms with Crippen LogP contribution >= 0.6 is 11.3 Å². The van der Waals surface area contributed by atoms with Gasteiger partial charge in [0.2, 0.25) is 0 Å². The van der Waals surface area contributed by atoms with Gasteiger partial charge in [-0.2, -0.15) is 0 Å². The van der Waals surface area contributed by atoms with Gasteiger partial charge in [0.1, 0.15) is 5.75 Å². The summed E-state index contributed by atoms with van der Waals surface area (Å²) in [6, 6.07) is 8.23. The van der Waals surface area contributed by atoms with Crippen molar-refractivity contribution < 1.29 is 4.74 Å². The van der Waals surface area contributed by atoms with Crippen molar-refractivity contribution in [3.05, 3.63) is 46.4 Å². The molecule has 0 saturated carbocycles. The Kier molecular flexibility index (Phi) is 4.93. The number of thiazole rings is 1. The van der Waals surface area contributed by atoms with Crippen molar-refractivity contribution in [1.29, 1.82) is 0 Å². The molecule has 4 heteroatoms. The largest absolute Gasteiger partial charge is 0.491 e. The van der Waals surface area contributed by atoms with E-state index in [1.54, 1.807) is 11.3 Å². The van der Waals surface area contributed by atoms with Gasteiger partial charge in [-0.05, 0) is 38.0 Å². The van der Waals surface area contributed by atoms with Gasteiger partial charge in [-0.15, -0.1) is 11.3 Å². The summed E-state index contributed by atoms with van der Waals surface area (Å²) in [6.07, 6.45) is 2.93. The van der Waals surface area contributed by atoms with Crippen LogP contribution in [0.25, 0.3) is 0 Å². The lowest BCUT2D eigenvalue weighted by Gasteiger charge is -2.14. The fourth-order valence-electron chi connectivity index (χ4n) is 2.01. The van der Waals surface area contributed by atoms with E-state index in [1.165, 1.54) is 5.56 Å². The van der Waals surface area contributed by atoms with E-state index in [-0.39, 0.29) is 12.0 Å². The Morgan fingerprint density at radius 3 is 2.84 bits per heavy atom. The van der Waals surface area contributed by atoms with E-state index in [9.17, 15) is 0 Å². The predicted octanol–water partition coefficient (Wildman–Crippen LogP) is 3.22. The van der Waals surface area contributed by atoms with E-state index in [2.05, 4.69) is 17.1 Å². The minimum atomic E-state index is 0.194. The molecule has 0 aliphatic heterocycles. The van der Waals surface area contributed by atoms with Gasteiger partial charge in [-0.3, -0.25) is 0 Å². The van der Waals surface area contributed by atoms with Gasteiger partial charge in [-0.1, -0.05) is 12.1 Å². The summed E-state index contributed by atoms with van der Waals surface area (Å²) >= 11 is 1.67. The second-order valence-electron chi connectivity index (χ2n) is 4.82. The Morgan fingerprint density at radius 2 is 2.21 bits per heavy atom. The second-order valence-corrected chi connectivity index (χ2v) is 5.75. The van der Waals surface area contributed by atoms with Crippen LogP contribution in [0.3, 0.4) is 0 Å². The first-order valence-corrected chi connectivity index (χ1v) is 7.42. The molecular weight excluding hydrogens is 256 g/mol. The maximum absolute atomic E-state index is 5.87. The topological polar surface area (TPSA) is 48.1 Å². The molecule has 2 rings (SSSR count). The average molecular weight is 276 g/mol. The fraction of sp³-hybridized carbons (Fsp3) is 0.400. The van der Waals surface area contributed by atoms with Crippen molar-refractivity contribution in [2.24, 2.45) is 5.73 Å². The molecular formula is C15H20N2OS. The smallest absolute Gasteiger partial charge is 0.119 e. The lowest BCUT2D eigenvalue weighted by atomic mass is 10.00. The summed E-state index contributed by atoms with van der Waals surface area (Å²) in [5, 5.41) is 3.11. The number of hydrogen-bond donors (Lipinski definition) is 1. The van der Waals surface area contributed by atoms with E-state index < -0.39 is 0 Å². The number of nitrogens with two attached hydrogens (primary N) is 1. The Hall–Kier alpha value is -1.39. The van der Waals surface area contributed by atoms with Crippen LogP contribution in [-0.2, 0) is 6.42 Å². The van der Waals surface area contributed by atoms with Crippen molar-refractivity contribution in [3.63, 3.8) is 0 Å². The molecule has 0 fully saturated rings. The zero-order valence-corrected chi connectivity index (χ0v) is 12.2. The first-order valence-electron chi connectivity index (χ1n) is 6.54. The highest BCUT2D eigenvalue weighted by molar-refractivity contribution is 7.09. The standard InChI is InChI=1S/C15H20N2OS/c1-11(2)18-14-5-3-4-12(9-14)8-13(10-16)15-17-6-7-19-15/h3-7,9,11,13H,8,10,16H2,1-2H3. The molecule has 0 aliphatic carbocycles. The third-order valence-corrected chi connectivity index (χ3v) is 3.78. The van der Waals surface area contributed by atoms with E-state index in [1.807, 2.05) is 37.6 Å². The summed E-state index contributed by atoms with van der Waals surface area (Å²) in [7, 11) is 0. The Bertz CT molecular complexity index is 497. The monoisotopic (exact) mass is 276 g/mol. The SMILES string of the molecule is CC(C)Oc1cccc(CC(CN)c2nccs2)c1. The van der Waals surface area contributed by atoms with Crippen LogP contribution in [-0.4, -0.2) is 17.6 Å². The highest BCUT2D eigenvalue weighted by Gasteiger charge is 2.13. The van der Waals surface area contributed by atoms with Gasteiger partial charge in [0.25, 0.3) is 0 Å². The van der Waals surface area contributed by atoms with Gasteiger partial charge >= 0.3 is 0 Å². The molecule has 19 heavy (non-hydrogen) atoms. The highest BCUT2D eigenvalue weighted by atomic mass is 32.1. The van der Waals surface area contributed by atoms with Gasteiger partial charge in [-0.25, -0.2) is 4.98 Å². The normalized spacial score (nSPS) is 12.6. The molecule has 1 heterocycles. The van der Waals surface area contributed by atoms with Crippen LogP contribution in [0.15, 0.2) is 35.8 Å². The maximum Gasteiger partial charge on any atom is 0.119 e. The third-order valence-electron chi connectivity index (χ3n) is 2.84. The molecule has 3 nitrogen and oxygen atoms in total. The molecule has 1 atom stereocenters. The summed E-state index contributed by atoms with van der Waals surface area (Å²) in [5.74, 6) is 1.21. The van der Waals surface area contributed by atoms with E-state index in [0.717, 1.165) is 17.2 Å². The van der Waals surface area contributed by atoms with Gasteiger partial charge in [0.05, 0.1) is 11.1 Å². The van der Waals surface area contributed by atoms with Crippen molar-refractivity contribution in [3.8, 4) is 5.75 Å². The molecule has 1 unspecified atom stereocenters. The Labute approximate surface area is 118 Å². The van der Waals surface area contributed by atoms with Crippen LogP contribution < -0.4 is 10.5 Å². The Morgan fingerprint density at radius 1 is 1.37 bits per heavy atom. The van der Waals surface area contributed by atoms with E-state index in [0.29, 0.717) is 6.54 Å². The van der Waals surface area contributed by atoms with Crippen LogP contribution in [0.1, 0.15) is 30.3 Å². The molecule has 2 aromatic rings. The molecule has 0 bridgehead atoms. The van der Waals surface area contributed by atoms with Crippen molar-refractivity contribution in [1.82, 2.24) is 4.98 Å². The van der Waals surface area contributed by atoms with Crippen molar-refractivity contribution in [2.75, 3.05) is 6.54 Å². The first kappa shape index (κ1) is 14.0. The molecule has 0 saturated heterocycles. The second kappa shape index (κ2) is 6.68. The average Bonchev–Trinajstić information content (AvgIpc) is 2.89. The lowest BCUT2D eigenvalue weighted by Crippen LogP contribution is -2.15. The summed E-state index contributed by atoms with van der Waals surface area (Å²) in [4.78, 5) is 4.36. The Balaban J connectivity index is 2.09. The molecule has 1 aromatic heterocycles. The molecule has 0 amide bonds. The number of hydrogen-bond acceptors (Lipinski definition) is 4. The molecule has 2 N–H and O–H groups in total. The van der Waals surface area contributed by atoms with Crippen LogP contribution in [0.4, 0.5) is 0 Å². The quantitative estimate of drug-likeness (QED) is 0.881. The summed E-state index contributed by atoms with van der Waals surface area (Å²) in [6.45, 7) is 4.68. The molecule has 1 aromatic carbocycles. The molecule has 0 aliphatic rings. The zero-order chi connectivity index (χ0) is 13.7. The van der Waals surface area contributed by atoms with E-state index in [4.69, 9.17) is 10.5 Å². The summed E-state index contributed by atoms with van der Waals surface area (Å²) < 4.78 is 5.72. The van der Waals surface area contributed by atoms with Gasteiger partial charge in [0, 0.05) is 24.0 Å². The van der Waals surface area contributed by atoms with Crippen molar-refractivity contribution in [2.45, 2.75) is 32.3 Å².